The third kappa shape index (κ3) is 10.4. The molecule has 2 aromatic carbocycles. The van der Waals surface area contributed by atoms with Crippen LogP contribution < -0.4 is 14.8 Å². The van der Waals surface area contributed by atoms with Crippen LogP contribution >= 0.6 is 0 Å². The highest BCUT2D eigenvalue weighted by Gasteiger charge is 2.16. The minimum absolute atomic E-state index is 0.164. The summed E-state index contributed by atoms with van der Waals surface area (Å²) in [4.78, 5) is 3.57. The molecule has 2 heterocycles. The maximum absolute atomic E-state index is 6.37. The van der Waals surface area contributed by atoms with E-state index in [1.54, 1.807) is 0 Å². The Labute approximate surface area is 261 Å². The monoisotopic (exact) mass is 582 g/mol. The zero-order valence-corrected chi connectivity index (χ0v) is 27.0. The van der Waals surface area contributed by atoms with Gasteiger partial charge < -0.3 is 19.8 Å². The highest BCUT2D eigenvalue weighted by atomic mass is 16.5. The summed E-state index contributed by atoms with van der Waals surface area (Å²) in [7, 11) is 0. The Balaban J connectivity index is 1.31. The summed E-state index contributed by atoms with van der Waals surface area (Å²) >= 11 is 0. The van der Waals surface area contributed by atoms with Crippen LogP contribution in [0.25, 0.3) is 17.3 Å². The Bertz CT molecular complexity index is 1240. The number of aromatic amines is 1. The summed E-state index contributed by atoms with van der Waals surface area (Å²) in [5.41, 5.74) is 5.70. The lowest BCUT2D eigenvalue weighted by atomic mass is 10.1. The highest BCUT2D eigenvalue weighted by Crippen LogP contribution is 2.28. The van der Waals surface area contributed by atoms with Crippen LogP contribution in [0.2, 0.25) is 0 Å². The number of nitrogens with one attached hydrogen (secondary N) is 2. The highest BCUT2D eigenvalue weighted by molar-refractivity contribution is 5.65. The van der Waals surface area contributed by atoms with Gasteiger partial charge in [0.1, 0.15) is 11.5 Å². The largest absolute Gasteiger partial charge is 0.490 e. The van der Waals surface area contributed by atoms with Crippen LogP contribution in [0.15, 0.2) is 78.5 Å². The second-order valence-electron chi connectivity index (χ2n) is 12.1. The fourth-order valence-corrected chi connectivity index (χ4v) is 5.70. The van der Waals surface area contributed by atoms with Gasteiger partial charge in [0.15, 0.2) is 0 Å². The van der Waals surface area contributed by atoms with Crippen LogP contribution in [0.5, 0.6) is 11.5 Å². The Hall–Kier alpha value is -3.40. The molecule has 1 atom stereocenters. The maximum Gasteiger partial charge on any atom is 0.119 e. The molecule has 4 nitrogen and oxygen atoms in total. The molecule has 232 valence electrons. The molecule has 0 fully saturated rings. The third-order valence-corrected chi connectivity index (χ3v) is 8.34. The van der Waals surface area contributed by atoms with Crippen LogP contribution in [0, 0.1) is 0 Å². The van der Waals surface area contributed by atoms with Crippen molar-refractivity contribution >= 4 is 6.08 Å². The molecule has 43 heavy (non-hydrogen) atoms. The lowest BCUT2D eigenvalue weighted by molar-refractivity contribution is 0.174. The van der Waals surface area contributed by atoms with E-state index in [0.717, 1.165) is 59.8 Å². The SMILES string of the molecule is CCCCC(CCCC)Oc1ccc(-c2ccc(/C=C3/C=CC(c4ccc(OC(CCCC)CCCC)cc4)N3)[nH]2)cc1. The van der Waals surface area contributed by atoms with Gasteiger partial charge >= 0.3 is 0 Å². The zero-order valence-electron chi connectivity index (χ0n) is 27.0. The van der Waals surface area contributed by atoms with Crippen LogP contribution in [0.3, 0.4) is 0 Å². The molecule has 0 amide bonds. The van der Waals surface area contributed by atoms with E-state index in [4.69, 9.17) is 9.47 Å². The Morgan fingerprint density at radius 2 is 1.16 bits per heavy atom. The number of hydrogen-bond acceptors (Lipinski definition) is 3. The van der Waals surface area contributed by atoms with Gasteiger partial charge in [-0.1, -0.05) is 97.3 Å². The van der Waals surface area contributed by atoms with Crippen LogP contribution in [-0.4, -0.2) is 17.2 Å². The molecule has 1 unspecified atom stereocenters. The van der Waals surface area contributed by atoms with Crippen molar-refractivity contribution in [1.82, 2.24) is 10.3 Å². The maximum atomic E-state index is 6.37. The molecule has 1 aliphatic heterocycles. The summed E-state index contributed by atoms with van der Waals surface area (Å²) in [6, 6.07) is 21.6. The van der Waals surface area contributed by atoms with Gasteiger partial charge in [-0.2, -0.15) is 0 Å². The summed E-state index contributed by atoms with van der Waals surface area (Å²) in [5.74, 6) is 1.94. The van der Waals surface area contributed by atoms with E-state index in [2.05, 4.69) is 117 Å². The molecule has 4 rings (SSSR count). The topological polar surface area (TPSA) is 46.3 Å². The quantitative estimate of drug-likeness (QED) is 0.148. The van der Waals surface area contributed by atoms with Crippen molar-refractivity contribution in [2.75, 3.05) is 0 Å². The molecule has 0 saturated heterocycles. The Morgan fingerprint density at radius 1 is 0.651 bits per heavy atom. The fraction of sp³-hybridized carbons (Fsp3) is 0.487. The van der Waals surface area contributed by atoms with Crippen molar-refractivity contribution in [1.29, 1.82) is 0 Å². The Kier molecular flexibility index (Phi) is 13.3. The third-order valence-electron chi connectivity index (χ3n) is 8.34. The van der Waals surface area contributed by atoms with E-state index in [-0.39, 0.29) is 6.04 Å². The lowest BCUT2D eigenvalue weighted by Gasteiger charge is -2.19. The number of allylic oxidation sites excluding steroid dienone is 1. The number of H-pyrrole nitrogens is 1. The van der Waals surface area contributed by atoms with Gasteiger partial charge in [-0.05, 0) is 97.5 Å². The summed E-state index contributed by atoms with van der Waals surface area (Å²) in [6.07, 6.45) is 21.5. The number of benzene rings is 2. The van der Waals surface area contributed by atoms with Gasteiger partial charge in [-0.15, -0.1) is 0 Å². The lowest BCUT2D eigenvalue weighted by Crippen LogP contribution is -2.16. The molecule has 0 saturated carbocycles. The molecule has 1 aromatic heterocycles. The molecule has 1 aliphatic rings. The second-order valence-corrected chi connectivity index (χ2v) is 12.1. The molecule has 3 aromatic rings. The predicted molar refractivity (Wildman–Crippen MR) is 183 cm³/mol. The summed E-state index contributed by atoms with van der Waals surface area (Å²) in [6.45, 7) is 8.99. The first kappa shape index (κ1) is 32.5. The number of hydrogen-bond donors (Lipinski definition) is 2. The van der Waals surface area contributed by atoms with Gasteiger partial charge in [0.2, 0.25) is 0 Å². The predicted octanol–water partition coefficient (Wildman–Crippen LogP) is 11.2. The van der Waals surface area contributed by atoms with Crippen LogP contribution in [0.4, 0.5) is 0 Å². The van der Waals surface area contributed by atoms with Gasteiger partial charge in [0.25, 0.3) is 0 Å². The van der Waals surface area contributed by atoms with Gasteiger partial charge in [0, 0.05) is 17.1 Å². The molecule has 0 radical (unpaired) electrons. The molecule has 0 bridgehead atoms. The number of aromatic nitrogens is 1. The number of ether oxygens (including phenoxy) is 2. The normalized spacial score (nSPS) is 15.5. The molecular formula is C39H54N2O2. The summed E-state index contributed by atoms with van der Waals surface area (Å²) in [5, 5.41) is 3.65. The van der Waals surface area contributed by atoms with Crippen molar-refractivity contribution in [3.8, 4) is 22.8 Å². The van der Waals surface area contributed by atoms with Crippen molar-refractivity contribution < 1.29 is 9.47 Å². The van der Waals surface area contributed by atoms with E-state index in [0.29, 0.717) is 12.2 Å². The van der Waals surface area contributed by atoms with Crippen molar-refractivity contribution in [2.24, 2.45) is 0 Å². The van der Waals surface area contributed by atoms with Crippen LogP contribution in [0.1, 0.15) is 122 Å². The minimum Gasteiger partial charge on any atom is -0.490 e. The smallest absolute Gasteiger partial charge is 0.119 e. The number of unbranched alkanes of at least 4 members (excludes halogenated alkanes) is 4. The molecule has 0 spiro atoms. The molecular weight excluding hydrogens is 528 g/mol. The fourth-order valence-electron chi connectivity index (χ4n) is 5.70. The standard InChI is InChI=1S/C39H54N2O2/c1-5-9-13-34(14-10-6-2)42-36-23-17-30(18-24-36)38-27-21-32(40-38)29-33-22-28-39(41-33)31-19-25-37(26-20-31)43-35(15-11-7-3)16-12-8-4/h17-29,34-35,38,40-41H,5-16H2,1-4H3/b32-29-. The van der Waals surface area contributed by atoms with E-state index >= 15 is 0 Å². The molecule has 0 aliphatic carbocycles. The second kappa shape index (κ2) is 17.7. The van der Waals surface area contributed by atoms with Gasteiger partial charge in [-0.25, -0.2) is 0 Å². The van der Waals surface area contributed by atoms with Gasteiger partial charge in [-0.3, -0.25) is 0 Å². The molecule has 2 N–H and O–H groups in total. The molecule has 4 heteroatoms. The van der Waals surface area contributed by atoms with Gasteiger partial charge in [0.05, 0.1) is 18.2 Å². The van der Waals surface area contributed by atoms with E-state index in [9.17, 15) is 0 Å². The van der Waals surface area contributed by atoms with E-state index < -0.39 is 0 Å². The van der Waals surface area contributed by atoms with E-state index in [1.165, 1.54) is 56.9 Å². The summed E-state index contributed by atoms with van der Waals surface area (Å²) < 4.78 is 12.7. The van der Waals surface area contributed by atoms with Crippen molar-refractivity contribution in [3.63, 3.8) is 0 Å². The first-order valence-corrected chi connectivity index (χ1v) is 17.0. The van der Waals surface area contributed by atoms with E-state index in [1.807, 2.05) is 0 Å². The number of rotatable bonds is 19. The first-order chi connectivity index (χ1) is 21.1. The van der Waals surface area contributed by atoms with Crippen molar-refractivity contribution in [2.45, 2.75) is 123 Å². The van der Waals surface area contributed by atoms with Crippen molar-refractivity contribution in [3.05, 3.63) is 89.8 Å². The Morgan fingerprint density at radius 3 is 1.67 bits per heavy atom. The first-order valence-electron chi connectivity index (χ1n) is 17.0. The average Bonchev–Trinajstić information content (AvgIpc) is 3.71. The minimum atomic E-state index is 0.164. The average molecular weight is 583 g/mol. The zero-order chi connectivity index (χ0) is 30.3. The van der Waals surface area contributed by atoms with Crippen LogP contribution in [-0.2, 0) is 0 Å².